The van der Waals surface area contributed by atoms with E-state index in [1.807, 2.05) is 30.3 Å². The van der Waals surface area contributed by atoms with Gasteiger partial charge >= 0.3 is 6.18 Å². The zero-order valence-corrected chi connectivity index (χ0v) is 18.9. The highest BCUT2D eigenvalue weighted by molar-refractivity contribution is 5.82. The number of nitrogens with one attached hydrogen (secondary N) is 1. The van der Waals surface area contributed by atoms with Crippen LogP contribution in [0.2, 0.25) is 0 Å². The third-order valence-corrected chi connectivity index (χ3v) is 6.88. The Kier molecular flexibility index (Phi) is 6.13. The van der Waals surface area contributed by atoms with E-state index >= 15 is 0 Å². The maximum atomic E-state index is 13.4. The number of nitrogens with zero attached hydrogens (tertiary/aromatic N) is 2. The van der Waals surface area contributed by atoms with E-state index in [2.05, 4.69) is 15.1 Å². The molecule has 182 valence electrons. The second kappa shape index (κ2) is 9.24. The topological polar surface area (TPSA) is 35.6 Å². The predicted octanol–water partition coefficient (Wildman–Crippen LogP) is 5.03. The zero-order chi connectivity index (χ0) is 24.6. The summed E-state index contributed by atoms with van der Waals surface area (Å²) in [6.07, 6.45) is -4.23. The van der Waals surface area contributed by atoms with Crippen molar-refractivity contribution in [2.75, 3.05) is 29.4 Å². The van der Waals surface area contributed by atoms with Crippen molar-refractivity contribution in [3.8, 4) is 0 Å². The molecule has 0 spiro atoms. The number of carbonyl (C=O) groups excluding carboxylic acids is 1. The van der Waals surface area contributed by atoms with E-state index in [1.165, 1.54) is 24.3 Å². The van der Waals surface area contributed by atoms with Gasteiger partial charge in [0.25, 0.3) is 0 Å². The molecule has 2 heterocycles. The lowest BCUT2D eigenvalue weighted by Gasteiger charge is -2.49. The molecule has 4 nitrogen and oxygen atoms in total. The van der Waals surface area contributed by atoms with Crippen LogP contribution in [0.4, 0.5) is 28.9 Å². The first-order valence-corrected chi connectivity index (χ1v) is 11.6. The molecule has 1 fully saturated rings. The van der Waals surface area contributed by atoms with Crippen molar-refractivity contribution in [1.82, 2.24) is 5.32 Å². The van der Waals surface area contributed by atoms with E-state index in [1.54, 1.807) is 12.1 Å². The Morgan fingerprint density at radius 2 is 1.71 bits per heavy atom. The van der Waals surface area contributed by atoms with Crippen LogP contribution >= 0.6 is 0 Å². The van der Waals surface area contributed by atoms with Crippen molar-refractivity contribution in [3.63, 3.8) is 0 Å². The van der Waals surface area contributed by atoms with E-state index in [4.69, 9.17) is 0 Å². The van der Waals surface area contributed by atoms with Crippen LogP contribution in [0.1, 0.15) is 16.7 Å². The largest absolute Gasteiger partial charge is 0.416 e. The summed E-state index contributed by atoms with van der Waals surface area (Å²) >= 11 is 0. The normalized spacial score (nSPS) is 19.7. The summed E-state index contributed by atoms with van der Waals surface area (Å²) in [5.41, 5.74) is 2.39. The highest BCUT2D eigenvalue weighted by atomic mass is 19.4. The molecule has 0 bridgehead atoms. The maximum Gasteiger partial charge on any atom is 0.416 e. The molecule has 2 atom stereocenters. The Balaban J connectivity index is 1.43. The van der Waals surface area contributed by atoms with Gasteiger partial charge in [0, 0.05) is 37.6 Å². The van der Waals surface area contributed by atoms with Gasteiger partial charge in [0.15, 0.2) is 0 Å². The molecule has 3 aromatic rings. The Morgan fingerprint density at radius 1 is 0.971 bits per heavy atom. The second-order valence-electron chi connectivity index (χ2n) is 9.04. The number of para-hydroxylation sites is 1. The highest BCUT2D eigenvalue weighted by Crippen LogP contribution is 2.40. The number of fused-ring (bicyclic) bond motifs is 3. The summed E-state index contributed by atoms with van der Waals surface area (Å²) in [4.78, 5) is 17.7. The molecule has 5 rings (SSSR count). The molecule has 8 heteroatoms. The number of halogens is 4. The fourth-order valence-electron chi connectivity index (χ4n) is 5.10. The second-order valence-corrected chi connectivity index (χ2v) is 9.04. The van der Waals surface area contributed by atoms with Crippen molar-refractivity contribution in [3.05, 3.63) is 95.3 Å². The Hall–Kier alpha value is -3.55. The number of piperazine rings is 1. The SMILES string of the molecule is O=C(NCc1ccc(F)cc1)[C@H]1Cc2cc(C(F)(F)F)ccc2N2CCN(c3ccccc3)C[C@@H]12. The van der Waals surface area contributed by atoms with E-state index in [0.717, 1.165) is 23.0 Å². The Bertz CT molecular complexity index is 1200. The Labute approximate surface area is 201 Å². The number of amides is 1. The summed E-state index contributed by atoms with van der Waals surface area (Å²) in [5, 5.41) is 2.92. The molecule has 0 saturated carbocycles. The quantitative estimate of drug-likeness (QED) is 0.529. The lowest BCUT2D eigenvalue weighted by Crippen LogP contribution is -2.61. The first kappa shape index (κ1) is 23.2. The summed E-state index contributed by atoms with van der Waals surface area (Å²) < 4.78 is 53.4. The highest BCUT2D eigenvalue weighted by Gasteiger charge is 2.42. The minimum absolute atomic E-state index is 0.193. The van der Waals surface area contributed by atoms with Crippen molar-refractivity contribution < 1.29 is 22.4 Å². The molecule has 0 aromatic heterocycles. The van der Waals surface area contributed by atoms with E-state index in [-0.39, 0.29) is 30.7 Å². The molecule has 1 amide bonds. The van der Waals surface area contributed by atoms with Gasteiger partial charge in [0.05, 0.1) is 17.5 Å². The van der Waals surface area contributed by atoms with Crippen LogP contribution in [-0.2, 0) is 23.9 Å². The average Bonchev–Trinajstić information content (AvgIpc) is 2.87. The minimum atomic E-state index is -4.45. The number of rotatable bonds is 4. The number of anilines is 2. The average molecular weight is 484 g/mol. The van der Waals surface area contributed by atoms with Gasteiger partial charge < -0.3 is 15.1 Å². The predicted molar refractivity (Wildman–Crippen MR) is 127 cm³/mol. The third kappa shape index (κ3) is 4.83. The first-order valence-electron chi connectivity index (χ1n) is 11.6. The molecule has 2 aliphatic heterocycles. The van der Waals surface area contributed by atoms with Gasteiger partial charge in [0.1, 0.15) is 5.82 Å². The summed E-state index contributed by atoms with van der Waals surface area (Å²) in [6.45, 7) is 2.10. The van der Waals surface area contributed by atoms with Crippen molar-refractivity contribution >= 4 is 17.3 Å². The minimum Gasteiger partial charge on any atom is -0.368 e. The maximum absolute atomic E-state index is 13.4. The van der Waals surface area contributed by atoms with Crippen LogP contribution in [-0.4, -0.2) is 31.6 Å². The lowest BCUT2D eigenvalue weighted by atomic mass is 9.82. The van der Waals surface area contributed by atoms with Gasteiger partial charge in [-0.25, -0.2) is 4.39 Å². The fraction of sp³-hybridized carbons (Fsp3) is 0.296. The van der Waals surface area contributed by atoms with Gasteiger partial charge in [-0.1, -0.05) is 30.3 Å². The molecule has 2 aliphatic rings. The molecule has 3 aromatic carbocycles. The van der Waals surface area contributed by atoms with Crippen molar-refractivity contribution in [1.29, 1.82) is 0 Å². The first-order chi connectivity index (χ1) is 16.8. The molecule has 0 aliphatic carbocycles. The van der Waals surface area contributed by atoms with E-state index in [0.29, 0.717) is 25.2 Å². The van der Waals surface area contributed by atoms with Gasteiger partial charge in [-0.15, -0.1) is 0 Å². The number of alkyl halides is 3. The summed E-state index contributed by atoms with van der Waals surface area (Å²) in [7, 11) is 0. The van der Waals surface area contributed by atoms with Crippen LogP contribution in [0.3, 0.4) is 0 Å². The van der Waals surface area contributed by atoms with Gasteiger partial charge in [-0.2, -0.15) is 13.2 Å². The van der Waals surface area contributed by atoms with Crippen LogP contribution in [0, 0.1) is 11.7 Å². The summed E-state index contributed by atoms with van der Waals surface area (Å²) in [6, 6.07) is 19.4. The number of hydrogen-bond donors (Lipinski definition) is 1. The number of carbonyl (C=O) groups is 1. The Morgan fingerprint density at radius 3 is 2.43 bits per heavy atom. The van der Waals surface area contributed by atoms with Crippen molar-refractivity contribution in [2.45, 2.75) is 25.2 Å². The van der Waals surface area contributed by atoms with Crippen LogP contribution in [0.5, 0.6) is 0 Å². The molecule has 1 saturated heterocycles. The lowest BCUT2D eigenvalue weighted by molar-refractivity contribution is -0.137. The smallest absolute Gasteiger partial charge is 0.368 e. The van der Waals surface area contributed by atoms with Gasteiger partial charge in [0.2, 0.25) is 5.91 Å². The molecule has 35 heavy (non-hydrogen) atoms. The molecule has 0 unspecified atom stereocenters. The van der Waals surface area contributed by atoms with Crippen LogP contribution in [0.25, 0.3) is 0 Å². The summed E-state index contributed by atoms with van der Waals surface area (Å²) in [5.74, 6) is -1.11. The monoisotopic (exact) mass is 483 g/mol. The van der Waals surface area contributed by atoms with Gasteiger partial charge in [-0.3, -0.25) is 4.79 Å². The standard InChI is InChI=1S/C27H25F4N3O/c28-21-9-6-18(7-10-21)16-32-26(35)23-15-19-14-20(27(29,30)31)8-11-24(19)34-13-12-33(17-25(23)34)22-4-2-1-3-5-22/h1-11,14,23,25H,12-13,15-17H2,(H,32,35)/t23-,25-/m0/s1. The van der Waals surface area contributed by atoms with Crippen molar-refractivity contribution in [2.24, 2.45) is 5.92 Å². The molecular formula is C27H25F4N3O. The third-order valence-electron chi connectivity index (χ3n) is 6.88. The van der Waals surface area contributed by atoms with Crippen LogP contribution < -0.4 is 15.1 Å². The number of hydrogen-bond acceptors (Lipinski definition) is 3. The molecule has 0 radical (unpaired) electrons. The van der Waals surface area contributed by atoms with E-state index < -0.39 is 17.7 Å². The molecular weight excluding hydrogens is 458 g/mol. The van der Waals surface area contributed by atoms with Crippen LogP contribution in [0.15, 0.2) is 72.8 Å². The van der Waals surface area contributed by atoms with E-state index in [9.17, 15) is 22.4 Å². The number of benzene rings is 3. The fourth-order valence-corrected chi connectivity index (χ4v) is 5.10. The van der Waals surface area contributed by atoms with Gasteiger partial charge in [-0.05, 0) is 60.0 Å². The zero-order valence-electron chi connectivity index (χ0n) is 18.9. The molecule has 1 N–H and O–H groups in total.